The maximum Gasteiger partial charge on any atom is 0.263 e. The molecule has 1 aromatic rings. The van der Waals surface area contributed by atoms with Gasteiger partial charge < -0.3 is 10.5 Å². The van der Waals surface area contributed by atoms with Gasteiger partial charge in [-0.3, -0.25) is 9.59 Å². The molecule has 2 amide bonds. The molecule has 6 heteroatoms. The van der Waals surface area contributed by atoms with Crippen LogP contribution < -0.4 is 10.6 Å². The highest BCUT2D eigenvalue weighted by molar-refractivity contribution is 7.80. The van der Waals surface area contributed by atoms with Crippen LogP contribution in [0.25, 0.3) is 0 Å². The van der Waals surface area contributed by atoms with E-state index in [0.717, 1.165) is 0 Å². The molecule has 1 aromatic carbocycles. The Balaban J connectivity index is 2.09. The number of morpholine rings is 1. The summed E-state index contributed by atoms with van der Waals surface area (Å²) in [4.78, 5) is 25.9. The summed E-state index contributed by atoms with van der Waals surface area (Å²) >= 11 is 4.97. The predicted octanol–water partition coefficient (Wildman–Crippen LogP) is 0.742. The fraction of sp³-hybridized carbons (Fsp3) is 0.308. The van der Waals surface area contributed by atoms with Gasteiger partial charge in [0.1, 0.15) is 17.2 Å². The van der Waals surface area contributed by atoms with Crippen LogP contribution in [0.3, 0.4) is 0 Å². The van der Waals surface area contributed by atoms with E-state index in [1.54, 1.807) is 24.3 Å². The van der Waals surface area contributed by atoms with Crippen LogP contribution in [-0.4, -0.2) is 29.0 Å². The van der Waals surface area contributed by atoms with Gasteiger partial charge in [0.2, 0.25) is 0 Å². The van der Waals surface area contributed by atoms with Gasteiger partial charge in [-0.1, -0.05) is 24.4 Å². The topological polar surface area (TPSA) is 72.6 Å². The first-order chi connectivity index (χ1) is 9.09. The highest BCUT2D eigenvalue weighted by atomic mass is 32.1. The number of hydrogen-bond acceptors (Lipinski definition) is 4. The van der Waals surface area contributed by atoms with Gasteiger partial charge in [0.05, 0.1) is 5.69 Å². The summed E-state index contributed by atoms with van der Waals surface area (Å²) in [6.07, 6.45) is 0.117. The highest BCUT2D eigenvalue weighted by Crippen LogP contribution is 2.33. The van der Waals surface area contributed by atoms with Crippen molar-refractivity contribution in [2.45, 2.75) is 25.0 Å². The number of para-hydroxylation sites is 1. The van der Waals surface area contributed by atoms with Crippen molar-refractivity contribution in [1.82, 2.24) is 0 Å². The van der Waals surface area contributed by atoms with E-state index in [0.29, 0.717) is 24.1 Å². The van der Waals surface area contributed by atoms with Crippen LogP contribution in [-0.2, 0) is 14.3 Å². The van der Waals surface area contributed by atoms with E-state index < -0.39 is 12.2 Å². The molecule has 98 valence electrons. The molecule has 3 rings (SSSR count). The number of benzene rings is 1. The molecule has 0 saturated carbocycles. The molecule has 5 nitrogen and oxygen atoms in total. The van der Waals surface area contributed by atoms with Crippen LogP contribution in [0.5, 0.6) is 0 Å². The lowest BCUT2D eigenvalue weighted by Gasteiger charge is -2.31. The van der Waals surface area contributed by atoms with Crippen molar-refractivity contribution in [3.63, 3.8) is 0 Å². The van der Waals surface area contributed by atoms with Gasteiger partial charge in [-0.2, -0.15) is 0 Å². The number of carbonyl (C=O) groups excluding carboxylic acids is 2. The second-order valence-electron chi connectivity index (χ2n) is 4.58. The molecule has 2 heterocycles. The Labute approximate surface area is 115 Å². The number of fused-ring (bicyclic) bond motifs is 2. The van der Waals surface area contributed by atoms with Gasteiger partial charge in [0.15, 0.2) is 0 Å². The summed E-state index contributed by atoms with van der Waals surface area (Å²) in [7, 11) is 0. The summed E-state index contributed by atoms with van der Waals surface area (Å²) in [5.74, 6) is -0.662. The molecule has 2 unspecified atom stereocenters. The average Bonchev–Trinajstić information content (AvgIpc) is 2.84. The fourth-order valence-electron chi connectivity index (χ4n) is 2.51. The van der Waals surface area contributed by atoms with Crippen molar-refractivity contribution in [2.24, 2.45) is 5.73 Å². The molecule has 19 heavy (non-hydrogen) atoms. The minimum atomic E-state index is -0.526. The van der Waals surface area contributed by atoms with Crippen LogP contribution in [0.1, 0.15) is 18.4 Å². The van der Waals surface area contributed by atoms with Crippen molar-refractivity contribution in [3.05, 3.63) is 29.8 Å². The number of carbonyl (C=O) groups is 2. The minimum Gasteiger partial charge on any atom is -0.389 e. The quantitative estimate of drug-likeness (QED) is 0.637. The standard InChI is InChI=1S/C13H12N2O3S/c14-11(19)7-3-1-2-4-8(7)15-12(16)9-5-6-10(18-9)13(15)17/h1-4,9-10H,5-6H2,(H2,14,19). The minimum absolute atomic E-state index is 0.162. The van der Waals surface area contributed by atoms with Crippen molar-refractivity contribution < 1.29 is 14.3 Å². The molecule has 2 N–H and O–H groups in total. The van der Waals surface area contributed by atoms with Crippen LogP contribution in [0, 0.1) is 0 Å². The third-order valence-corrected chi connectivity index (χ3v) is 3.64. The van der Waals surface area contributed by atoms with E-state index in [1.165, 1.54) is 4.90 Å². The number of anilines is 1. The summed E-state index contributed by atoms with van der Waals surface area (Å²) in [5, 5.41) is 0. The number of hydrogen-bond donors (Lipinski definition) is 1. The number of nitrogens with zero attached hydrogens (tertiary/aromatic N) is 1. The van der Waals surface area contributed by atoms with E-state index in [2.05, 4.69) is 0 Å². The number of thiocarbonyl (C=S) groups is 1. The Bertz CT molecular complexity index is 565. The summed E-state index contributed by atoms with van der Waals surface area (Å²) < 4.78 is 5.37. The largest absolute Gasteiger partial charge is 0.389 e. The van der Waals surface area contributed by atoms with Gasteiger partial charge in [0.25, 0.3) is 11.8 Å². The van der Waals surface area contributed by atoms with Gasteiger partial charge in [0, 0.05) is 5.56 Å². The highest BCUT2D eigenvalue weighted by Gasteiger charge is 2.47. The molecule has 2 bridgehead atoms. The number of rotatable bonds is 2. The molecule has 0 aliphatic carbocycles. The van der Waals surface area contributed by atoms with Crippen molar-refractivity contribution in [3.8, 4) is 0 Å². The first-order valence-corrected chi connectivity index (χ1v) is 6.42. The Morgan fingerprint density at radius 2 is 1.79 bits per heavy atom. The first kappa shape index (κ1) is 12.3. The Morgan fingerprint density at radius 1 is 1.21 bits per heavy atom. The van der Waals surface area contributed by atoms with Gasteiger partial charge in [-0.25, -0.2) is 4.90 Å². The van der Waals surface area contributed by atoms with Crippen LogP contribution >= 0.6 is 12.2 Å². The molecule has 2 aliphatic heterocycles. The number of nitrogens with two attached hydrogens (primary N) is 1. The molecule has 2 fully saturated rings. The zero-order chi connectivity index (χ0) is 13.6. The van der Waals surface area contributed by atoms with Crippen molar-refractivity contribution in [1.29, 1.82) is 0 Å². The molecular weight excluding hydrogens is 264 g/mol. The lowest BCUT2D eigenvalue weighted by Crippen LogP contribution is -2.52. The van der Waals surface area contributed by atoms with E-state index in [-0.39, 0.29) is 16.8 Å². The normalized spacial score (nSPS) is 25.8. The Hall–Kier alpha value is -1.79. The summed E-state index contributed by atoms with van der Waals surface area (Å²) in [6, 6.07) is 6.89. The number of amides is 2. The smallest absolute Gasteiger partial charge is 0.263 e. The van der Waals surface area contributed by atoms with E-state index >= 15 is 0 Å². The Morgan fingerprint density at radius 3 is 2.37 bits per heavy atom. The Kier molecular flexibility index (Phi) is 2.83. The lowest BCUT2D eigenvalue weighted by atomic mass is 10.1. The van der Waals surface area contributed by atoms with E-state index in [9.17, 15) is 9.59 Å². The lowest BCUT2D eigenvalue weighted by molar-refractivity contribution is -0.146. The molecular formula is C13H12N2O3S. The average molecular weight is 276 g/mol. The molecule has 0 radical (unpaired) electrons. The number of ether oxygens (including phenoxy) is 1. The second-order valence-corrected chi connectivity index (χ2v) is 5.02. The van der Waals surface area contributed by atoms with E-state index in [4.69, 9.17) is 22.7 Å². The maximum absolute atomic E-state index is 12.3. The zero-order valence-corrected chi connectivity index (χ0v) is 10.9. The predicted molar refractivity (Wildman–Crippen MR) is 72.7 cm³/mol. The fourth-order valence-corrected chi connectivity index (χ4v) is 2.68. The molecule has 2 aliphatic rings. The molecule has 0 spiro atoms. The number of imide groups is 1. The molecule has 2 atom stereocenters. The van der Waals surface area contributed by atoms with Crippen molar-refractivity contribution >= 4 is 34.7 Å². The van der Waals surface area contributed by atoms with Crippen LogP contribution in [0.15, 0.2) is 24.3 Å². The van der Waals surface area contributed by atoms with Crippen molar-refractivity contribution in [2.75, 3.05) is 4.90 Å². The maximum atomic E-state index is 12.3. The second kappa shape index (κ2) is 4.40. The first-order valence-electron chi connectivity index (χ1n) is 6.01. The SMILES string of the molecule is NC(=S)c1ccccc1N1C(=O)C2CCC(O2)C1=O. The van der Waals surface area contributed by atoms with Gasteiger partial charge >= 0.3 is 0 Å². The molecule has 2 saturated heterocycles. The summed E-state index contributed by atoms with van der Waals surface area (Å²) in [5.41, 5.74) is 6.63. The van der Waals surface area contributed by atoms with Gasteiger partial charge in [-0.15, -0.1) is 0 Å². The summed E-state index contributed by atoms with van der Waals surface area (Å²) in [6.45, 7) is 0. The monoisotopic (exact) mass is 276 g/mol. The third-order valence-electron chi connectivity index (χ3n) is 3.42. The van der Waals surface area contributed by atoms with Crippen LogP contribution in [0.2, 0.25) is 0 Å². The van der Waals surface area contributed by atoms with E-state index in [1.807, 2.05) is 0 Å². The third kappa shape index (κ3) is 1.84. The zero-order valence-electron chi connectivity index (χ0n) is 10.0. The molecule has 0 aromatic heterocycles. The van der Waals surface area contributed by atoms with Gasteiger partial charge in [-0.05, 0) is 25.0 Å². The van der Waals surface area contributed by atoms with Crippen LogP contribution in [0.4, 0.5) is 5.69 Å².